The Morgan fingerprint density at radius 2 is 2.00 bits per heavy atom. The number of alkyl halides is 2. The molecule has 2 N–H and O–H groups in total. The number of esters is 1. The van der Waals surface area contributed by atoms with Crippen LogP contribution in [0.1, 0.15) is 28.7 Å². The fourth-order valence-electron chi connectivity index (χ4n) is 1.79. The van der Waals surface area contributed by atoms with Gasteiger partial charge in [-0.25, -0.2) is 26.7 Å². The third-order valence-electron chi connectivity index (χ3n) is 2.54. The zero-order chi connectivity index (χ0) is 15.5. The minimum Gasteiger partial charge on any atom is -0.461 e. The van der Waals surface area contributed by atoms with Gasteiger partial charge in [-0.1, -0.05) is 0 Å². The summed E-state index contributed by atoms with van der Waals surface area (Å²) in [6, 6.07) is 0. The van der Waals surface area contributed by atoms with E-state index < -0.39 is 29.0 Å². The Morgan fingerprint density at radius 3 is 2.50 bits per heavy atom. The summed E-state index contributed by atoms with van der Waals surface area (Å²) < 4.78 is 54.7. The number of aromatic nitrogens is 1. The molecule has 0 atom stereocenters. The number of rotatable bonds is 6. The van der Waals surface area contributed by atoms with Crippen molar-refractivity contribution in [3.63, 3.8) is 0 Å². The van der Waals surface area contributed by atoms with Gasteiger partial charge in [0.15, 0.2) is 0 Å². The van der Waals surface area contributed by atoms with Gasteiger partial charge in [-0.15, -0.1) is 0 Å². The Bertz CT molecular complexity index is 596. The van der Waals surface area contributed by atoms with Crippen molar-refractivity contribution in [2.75, 3.05) is 13.2 Å². The average molecular weight is 310 g/mol. The molecule has 1 rings (SSSR count). The van der Waals surface area contributed by atoms with Crippen molar-refractivity contribution in [2.24, 2.45) is 0 Å². The Balaban J connectivity index is 3.17. The third-order valence-corrected chi connectivity index (χ3v) is 4.24. The molecule has 0 aromatic carbocycles. The van der Waals surface area contributed by atoms with Crippen LogP contribution in [0, 0.1) is 13.8 Å². The van der Waals surface area contributed by atoms with E-state index in [1.165, 1.54) is 13.8 Å². The molecule has 0 saturated carbocycles. The van der Waals surface area contributed by atoms with E-state index in [0.717, 1.165) is 0 Å². The van der Waals surface area contributed by atoms with Crippen LogP contribution < -0.4 is 4.72 Å². The van der Waals surface area contributed by atoms with E-state index in [2.05, 4.69) is 4.98 Å². The molecule has 1 heterocycles. The first-order valence-corrected chi connectivity index (χ1v) is 7.33. The molecule has 114 valence electrons. The normalized spacial score (nSPS) is 11.9. The third kappa shape index (κ3) is 3.54. The first kappa shape index (κ1) is 16.6. The molecule has 1 aromatic heterocycles. The standard InChI is InChI=1S/C11H16F2N2O4S/c1-4-19-11(16)9-6(2)10(7(3)15-9)20(17,18)14-5-8(12)13/h8,14-15H,4-5H2,1-3H3. The fourth-order valence-corrected chi connectivity index (χ4v) is 3.24. The van der Waals surface area contributed by atoms with Gasteiger partial charge in [-0.3, -0.25) is 0 Å². The van der Waals surface area contributed by atoms with E-state index in [1.54, 1.807) is 11.6 Å². The molecule has 0 radical (unpaired) electrons. The zero-order valence-electron chi connectivity index (χ0n) is 11.3. The highest BCUT2D eigenvalue weighted by Crippen LogP contribution is 2.23. The number of aromatic amines is 1. The number of carbonyl (C=O) groups is 1. The number of aryl methyl sites for hydroxylation is 1. The van der Waals surface area contributed by atoms with Gasteiger partial charge >= 0.3 is 5.97 Å². The lowest BCUT2D eigenvalue weighted by atomic mass is 10.2. The van der Waals surface area contributed by atoms with Crippen molar-refractivity contribution in [1.82, 2.24) is 9.71 Å². The maximum atomic E-state index is 12.1. The Labute approximate surface area is 115 Å². The SMILES string of the molecule is CCOC(=O)c1[nH]c(C)c(S(=O)(=O)NCC(F)F)c1C. The minimum absolute atomic E-state index is 0.00164. The summed E-state index contributed by atoms with van der Waals surface area (Å²) in [4.78, 5) is 14.0. The largest absolute Gasteiger partial charge is 0.461 e. The predicted molar refractivity (Wildman–Crippen MR) is 67.4 cm³/mol. The molecule has 0 aliphatic carbocycles. The number of halogens is 2. The van der Waals surface area contributed by atoms with Gasteiger partial charge in [-0.2, -0.15) is 0 Å². The molecular weight excluding hydrogens is 294 g/mol. The summed E-state index contributed by atoms with van der Waals surface area (Å²) >= 11 is 0. The molecule has 9 heteroatoms. The van der Waals surface area contributed by atoms with E-state index in [9.17, 15) is 22.0 Å². The van der Waals surface area contributed by atoms with Crippen LogP contribution in [0.25, 0.3) is 0 Å². The summed E-state index contributed by atoms with van der Waals surface area (Å²) in [5, 5.41) is 0. The fraction of sp³-hybridized carbons (Fsp3) is 0.545. The molecule has 0 bridgehead atoms. The number of nitrogens with one attached hydrogen (secondary N) is 2. The zero-order valence-corrected chi connectivity index (χ0v) is 12.1. The molecule has 0 fully saturated rings. The number of sulfonamides is 1. The van der Waals surface area contributed by atoms with Crippen LogP contribution in [0.3, 0.4) is 0 Å². The van der Waals surface area contributed by atoms with Crippen LogP contribution in [0.5, 0.6) is 0 Å². The molecule has 0 spiro atoms. The molecule has 0 aliphatic rings. The van der Waals surface area contributed by atoms with E-state index in [-0.39, 0.29) is 28.5 Å². The lowest BCUT2D eigenvalue weighted by Crippen LogP contribution is -2.29. The maximum Gasteiger partial charge on any atom is 0.355 e. The molecule has 1 aromatic rings. The van der Waals surface area contributed by atoms with Crippen LogP contribution in [-0.4, -0.2) is 38.9 Å². The van der Waals surface area contributed by atoms with Crippen molar-refractivity contribution >= 4 is 16.0 Å². The number of H-pyrrole nitrogens is 1. The van der Waals surface area contributed by atoms with E-state index >= 15 is 0 Å². The first-order chi connectivity index (χ1) is 9.20. The van der Waals surface area contributed by atoms with Gasteiger partial charge in [0.2, 0.25) is 10.0 Å². The lowest BCUT2D eigenvalue weighted by molar-refractivity contribution is 0.0519. The van der Waals surface area contributed by atoms with Crippen molar-refractivity contribution < 1.29 is 26.7 Å². The van der Waals surface area contributed by atoms with Crippen LogP contribution in [0.4, 0.5) is 8.78 Å². The number of ether oxygens (including phenoxy) is 1. The van der Waals surface area contributed by atoms with Crippen molar-refractivity contribution in [1.29, 1.82) is 0 Å². The number of carbonyl (C=O) groups excluding carboxylic acids is 1. The quantitative estimate of drug-likeness (QED) is 0.776. The average Bonchev–Trinajstić information content (AvgIpc) is 2.63. The highest BCUT2D eigenvalue weighted by molar-refractivity contribution is 7.89. The topological polar surface area (TPSA) is 88.3 Å². The van der Waals surface area contributed by atoms with Gasteiger partial charge in [0, 0.05) is 11.3 Å². The molecular formula is C11H16F2N2O4S. The van der Waals surface area contributed by atoms with Gasteiger partial charge in [0.05, 0.1) is 13.2 Å². The molecule has 0 aliphatic heterocycles. The van der Waals surface area contributed by atoms with Crippen LogP contribution >= 0.6 is 0 Å². The maximum absolute atomic E-state index is 12.1. The lowest BCUT2D eigenvalue weighted by Gasteiger charge is -2.07. The van der Waals surface area contributed by atoms with Gasteiger partial charge in [0.25, 0.3) is 6.43 Å². The van der Waals surface area contributed by atoms with Crippen molar-refractivity contribution in [2.45, 2.75) is 32.1 Å². The molecule has 0 unspecified atom stereocenters. The van der Waals surface area contributed by atoms with Crippen LogP contribution in [-0.2, 0) is 14.8 Å². The molecule has 20 heavy (non-hydrogen) atoms. The number of hydrogen-bond acceptors (Lipinski definition) is 4. The van der Waals surface area contributed by atoms with Crippen LogP contribution in [0.2, 0.25) is 0 Å². The minimum atomic E-state index is -4.11. The summed E-state index contributed by atoms with van der Waals surface area (Å²) in [6.07, 6.45) is -2.80. The second-order valence-corrected chi connectivity index (χ2v) is 5.75. The summed E-state index contributed by atoms with van der Waals surface area (Å²) in [5.41, 5.74) is 0.330. The summed E-state index contributed by atoms with van der Waals surface area (Å²) in [5.74, 6) is -0.691. The highest BCUT2D eigenvalue weighted by atomic mass is 32.2. The smallest absolute Gasteiger partial charge is 0.355 e. The van der Waals surface area contributed by atoms with Crippen molar-refractivity contribution in [3.05, 3.63) is 17.0 Å². The van der Waals surface area contributed by atoms with Gasteiger partial charge in [-0.05, 0) is 20.8 Å². The van der Waals surface area contributed by atoms with E-state index in [1.807, 2.05) is 0 Å². The number of hydrogen-bond donors (Lipinski definition) is 2. The Hall–Kier alpha value is -1.48. The van der Waals surface area contributed by atoms with E-state index in [4.69, 9.17) is 4.74 Å². The first-order valence-electron chi connectivity index (χ1n) is 5.84. The Morgan fingerprint density at radius 1 is 1.40 bits per heavy atom. The monoisotopic (exact) mass is 310 g/mol. The van der Waals surface area contributed by atoms with E-state index in [0.29, 0.717) is 0 Å². The Kier molecular flexibility index (Phi) is 5.23. The second-order valence-electron chi connectivity index (χ2n) is 4.04. The van der Waals surface area contributed by atoms with Crippen LogP contribution in [0.15, 0.2) is 4.90 Å². The highest BCUT2D eigenvalue weighted by Gasteiger charge is 2.27. The molecule has 0 saturated heterocycles. The summed E-state index contributed by atoms with van der Waals surface area (Å²) in [7, 11) is -4.11. The van der Waals surface area contributed by atoms with Crippen molar-refractivity contribution in [3.8, 4) is 0 Å². The predicted octanol–water partition coefficient (Wildman–Crippen LogP) is 1.35. The van der Waals surface area contributed by atoms with Gasteiger partial charge < -0.3 is 9.72 Å². The summed E-state index contributed by atoms with van der Waals surface area (Å²) in [6.45, 7) is 3.62. The second kappa shape index (κ2) is 6.31. The molecule has 6 nitrogen and oxygen atoms in total. The molecule has 0 amide bonds. The van der Waals surface area contributed by atoms with Gasteiger partial charge in [0.1, 0.15) is 10.6 Å².